The Bertz CT molecular complexity index is 974. The van der Waals surface area contributed by atoms with Crippen LogP contribution in [0.5, 0.6) is 0 Å². The van der Waals surface area contributed by atoms with Crippen LogP contribution in [0, 0.1) is 13.8 Å². The topological polar surface area (TPSA) is 74.8 Å². The highest BCUT2D eigenvalue weighted by Crippen LogP contribution is 2.33. The fourth-order valence-corrected chi connectivity index (χ4v) is 5.07. The van der Waals surface area contributed by atoms with Gasteiger partial charge in [0.2, 0.25) is 0 Å². The van der Waals surface area contributed by atoms with E-state index in [1.165, 1.54) is 11.3 Å². The quantitative estimate of drug-likeness (QED) is 0.649. The fourth-order valence-electron chi connectivity index (χ4n) is 2.21. The molecule has 0 aliphatic rings. The number of anilines is 1. The minimum absolute atomic E-state index is 0.270. The summed E-state index contributed by atoms with van der Waals surface area (Å²) in [4.78, 5) is 1.83. The molecule has 0 saturated heterocycles. The molecule has 1 aromatic carbocycles. The molecular formula is C16H17N3O2S3. The van der Waals surface area contributed by atoms with E-state index in [1.807, 2.05) is 38.3 Å². The maximum atomic E-state index is 12.6. The van der Waals surface area contributed by atoms with Crippen LogP contribution >= 0.6 is 23.1 Å². The normalized spacial score (nSPS) is 11.6. The Balaban J connectivity index is 1.89. The van der Waals surface area contributed by atoms with Crippen molar-refractivity contribution in [2.75, 3.05) is 11.0 Å². The van der Waals surface area contributed by atoms with E-state index in [0.29, 0.717) is 5.69 Å². The number of nitrogens with one attached hydrogen (secondary N) is 2. The SMILES string of the molecule is CSc1cccc(NS(=O)(=O)c2ccc(-c3n[nH]c(C)c3C)s2)c1. The van der Waals surface area contributed by atoms with Crippen molar-refractivity contribution >= 4 is 38.8 Å². The van der Waals surface area contributed by atoms with E-state index in [1.54, 1.807) is 30.0 Å². The second kappa shape index (κ2) is 6.62. The van der Waals surface area contributed by atoms with Crippen molar-refractivity contribution in [1.29, 1.82) is 0 Å². The summed E-state index contributed by atoms with van der Waals surface area (Å²) in [7, 11) is -3.61. The van der Waals surface area contributed by atoms with Gasteiger partial charge in [-0.2, -0.15) is 5.10 Å². The zero-order chi connectivity index (χ0) is 17.3. The van der Waals surface area contributed by atoms with Gasteiger partial charge in [0.15, 0.2) is 0 Å². The lowest BCUT2D eigenvalue weighted by Crippen LogP contribution is -2.11. The summed E-state index contributed by atoms with van der Waals surface area (Å²) in [6.07, 6.45) is 1.95. The number of benzene rings is 1. The van der Waals surface area contributed by atoms with Crippen LogP contribution < -0.4 is 4.72 Å². The smallest absolute Gasteiger partial charge is 0.271 e. The molecule has 0 unspecified atom stereocenters. The third-order valence-electron chi connectivity index (χ3n) is 3.65. The molecule has 126 valence electrons. The number of aryl methyl sites for hydroxylation is 1. The summed E-state index contributed by atoms with van der Waals surface area (Å²) < 4.78 is 28.1. The Labute approximate surface area is 149 Å². The second-order valence-electron chi connectivity index (χ2n) is 5.28. The first kappa shape index (κ1) is 17.1. The van der Waals surface area contributed by atoms with Gasteiger partial charge in [0.05, 0.1) is 4.88 Å². The highest BCUT2D eigenvalue weighted by Gasteiger charge is 2.19. The second-order valence-corrected chi connectivity index (χ2v) is 9.15. The van der Waals surface area contributed by atoms with Gasteiger partial charge in [0, 0.05) is 16.3 Å². The van der Waals surface area contributed by atoms with Crippen molar-refractivity contribution in [2.24, 2.45) is 0 Å². The van der Waals surface area contributed by atoms with E-state index >= 15 is 0 Å². The molecule has 8 heteroatoms. The number of aromatic amines is 1. The minimum Gasteiger partial charge on any atom is -0.282 e. The maximum Gasteiger partial charge on any atom is 0.271 e. The lowest BCUT2D eigenvalue weighted by Gasteiger charge is -2.07. The number of aromatic nitrogens is 2. The van der Waals surface area contributed by atoms with Gasteiger partial charge in [-0.15, -0.1) is 23.1 Å². The van der Waals surface area contributed by atoms with Crippen molar-refractivity contribution in [2.45, 2.75) is 23.0 Å². The highest BCUT2D eigenvalue weighted by molar-refractivity contribution is 7.98. The lowest BCUT2D eigenvalue weighted by molar-refractivity contribution is 0.603. The molecular weight excluding hydrogens is 362 g/mol. The molecule has 3 aromatic rings. The van der Waals surface area contributed by atoms with E-state index in [4.69, 9.17) is 0 Å². The molecule has 2 aromatic heterocycles. The number of H-pyrrole nitrogens is 1. The molecule has 0 radical (unpaired) electrons. The minimum atomic E-state index is -3.61. The van der Waals surface area contributed by atoms with E-state index in [2.05, 4.69) is 14.9 Å². The largest absolute Gasteiger partial charge is 0.282 e. The molecule has 0 aliphatic heterocycles. The molecule has 3 rings (SSSR count). The zero-order valence-corrected chi connectivity index (χ0v) is 15.9. The van der Waals surface area contributed by atoms with Crippen molar-refractivity contribution in [3.05, 3.63) is 47.7 Å². The fraction of sp³-hybridized carbons (Fsp3) is 0.188. The highest BCUT2D eigenvalue weighted by atomic mass is 32.2. The van der Waals surface area contributed by atoms with Gasteiger partial charge in [-0.3, -0.25) is 9.82 Å². The number of sulfonamides is 1. The first-order valence-corrected chi connectivity index (χ1v) is 10.7. The van der Waals surface area contributed by atoms with Crippen LogP contribution in [0.1, 0.15) is 11.3 Å². The number of thiophene rings is 1. The molecule has 0 atom stereocenters. The molecule has 0 saturated carbocycles. The Morgan fingerprint density at radius 1 is 1.21 bits per heavy atom. The Morgan fingerprint density at radius 2 is 2.00 bits per heavy atom. The van der Waals surface area contributed by atoms with Crippen LogP contribution in [0.4, 0.5) is 5.69 Å². The van der Waals surface area contributed by atoms with Gasteiger partial charge in [-0.25, -0.2) is 8.42 Å². The van der Waals surface area contributed by atoms with E-state index in [9.17, 15) is 8.42 Å². The summed E-state index contributed by atoms with van der Waals surface area (Å²) in [5, 5.41) is 7.18. The van der Waals surface area contributed by atoms with Crippen LogP contribution in [0.25, 0.3) is 10.6 Å². The molecule has 0 spiro atoms. The van der Waals surface area contributed by atoms with Crippen molar-refractivity contribution < 1.29 is 8.42 Å². The summed E-state index contributed by atoms with van der Waals surface area (Å²) in [5.41, 5.74) is 3.36. The predicted octanol–water partition coefficient (Wildman–Crippen LogP) is 4.28. The number of thioether (sulfide) groups is 1. The third kappa shape index (κ3) is 3.35. The van der Waals surface area contributed by atoms with Gasteiger partial charge in [0.1, 0.15) is 9.90 Å². The zero-order valence-electron chi connectivity index (χ0n) is 13.5. The van der Waals surface area contributed by atoms with Crippen LogP contribution in [-0.4, -0.2) is 24.9 Å². The Kier molecular flexibility index (Phi) is 4.71. The molecule has 2 N–H and O–H groups in total. The first-order valence-electron chi connectivity index (χ1n) is 7.19. The molecule has 0 amide bonds. The number of nitrogens with zero attached hydrogens (tertiary/aromatic N) is 1. The van der Waals surface area contributed by atoms with Gasteiger partial charge in [-0.1, -0.05) is 6.07 Å². The molecule has 0 bridgehead atoms. The Hall–Kier alpha value is -1.77. The molecule has 24 heavy (non-hydrogen) atoms. The standard InChI is InChI=1S/C16H17N3O2S3/c1-10-11(2)17-18-16(10)14-7-8-15(23-14)24(20,21)19-12-5-4-6-13(9-12)22-3/h4-9,19H,1-3H3,(H,17,18). The van der Waals surface area contributed by atoms with Gasteiger partial charge in [0.25, 0.3) is 10.0 Å². The number of hydrogen-bond donors (Lipinski definition) is 2. The summed E-state index contributed by atoms with van der Waals surface area (Å²) in [5.74, 6) is 0. The predicted molar refractivity (Wildman–Crippen MR) is 100 cm³/mol. The maximum absolute atomic E-state index is 12.6. The average Bonchev–Trinajstić information content (AvgIpc) is 3.16. The summed E-state index contributed by atoms with van der Waals surface area (Å²) in [6, 6.07) is 10.7. The summed E-state index contributed by atoms with van der Waals surface area (Å²) >= 11 is 2.78. The van der Waals surface area contributed by atoms with Crippen LogP contribution in [0.2, 0.25) is 0 Å². The van der Waals surface area contributed by atoms with E-state index in [-0.39, 0.29) is 4.21 Å². The lowest BCUT2D eigenvalue weighted by atomic mass is 10.2. The monoisotopic (exact) mass is 379 g/mol. The molecule has 0 fully saturated rings. The van der Waals surface area contributed by atoms with Gasteiger partial charge >= 0.3 is 0 Å². The molecule has 2 heterocycles. The van der Waals surface area contributed by atoms with Crippen molar-refractivity contribution in [3.8, 4) is 10.6 Å². The molecule has 0 aliphatic carbocycles. The van der Waals surface area contributed by atoms with Crippen LogP contribution in [0.15, 0.2) is 45.5 Å². The summed E-state index contributed by atoms with van der Waals surface area (Å²) in [6.45, 7) is 3.91. The number of rotatable bonds is 5. The van der Waals surface area contributed by atoms with E-state index < -0.39 is 10.0 Å². The molecule has 5 nitrogen and oxygen atoms in total. The average molecular weight is 380 g/mol. The van der Waals surface area contributed by atoms with Crippen molar-refractivity contribution in [3.63, 3.8) is 0 Å². The van der Waals surface area contributed by atoms with E-state index in [0.717, 1.165) is 26.7 Å². The van der Waals surface area contributed by atoms with Crippen LogP contribution in [0.3, 0.4) is 0 Å². The van der Waals surface area contributed by atoms with Crippen LogP contribution in [-0.2, 0) is 10.0 Å². The third-order valence-corrected chi connectivity index (χ3v) is 7.35. The van der Waals surface area contributed by atoms with Gasteiger partial charge in [-0.05, 0) is 56.0 Å². The van der Waals surface area contributed by atoms with Gasteiger partial charge < -0.3 is 0 Å². The first-order chi connectivity index (χ1) is 11.4. The Morgan fingerprint density at radius 3 is 2.67 bits per heavy atom. The number of hydrogen-bond acceptors (Lipinski definition) is 5. The van der Waals surface area contributed by atoms with Crippen molar-refractivity contribution in [1.82, 2.24) is 10.2 Å².